The van der Waals surface area contributed by atoms with Crippen LogP contribution in [0.4, 0.5) is 0 Å². The van der Waals surface area contributed by atoms with E-state index in [-0.39, 0.29) is 0 Å². The highest BCUT2D eigenvalue weighted by atomic mass is 32.1. The van der Waals surface area contributed by atoms with Crippen molar-refractivity contribution in [2.45, 2.75) is 26.4 Å². The monoisotopic (exact) mass is 285 g/mol. The van der Waals surface area contributed by atoms with Crippen molar-refractivity contribution in [2.75, 3.05) is 0 Å². The Bertz CT molecular complexity index is 717. The molecule has 5 nitrogen and oxygen atoms in total. The summed E-state index contributed by atoms with van der Waals surface area (Å²) in [6, 6.07) is 6.37. The standard InChI is InChI=1S/C14H15N5S/c1-9(2)17-8-12-18-19-14(20-12)10-4-3-5-11-13(10)16-7-6-15-11/h3-7,9,17H,8H2,1-2H3. The van der Waals surface area contributed by atoms with Crippen molar-refractivity contribution in [2.24, 2.45) is 0 Å². The molecule has 3 aromatic rings. The number of rotatable bonds is 4. The van der Waals surface area contributed by atoms with Crippen LogP contribution >= 0.6 is 11.3 Å². The van der Waals surface area contributed by atoms with Crippen molar-refractivity contribution in [3.05, 3.63) is 35.6 Å². The Labute approximate surface area is 121 Å². The summed E-state index contributed by atoms with van der Waals surface area (Å²) in [5, 5.41) is 13.7. The summed E-state index contributed by atoms with van der Waals surface area (Å²) >= 11 is 1.59. The molecule has 0 bridgehead atoms. The average molecular weight is 285 g/mol. The summed E-state index contributed by atoms with van der Waals surface area (Å²) in [6.45, 7) is 4.97. The number of hydrogen-bond acceptors (Lipinski definition) is 6. The van der Waals surface area contributed by atoms with Gasteiger partial charge in [-0.1, -0.05) is 31.3 Å². The van der Waals surface area contributed by atoms with Gasteiger partial charge < -0.3 is 5.32 Å². The largest absolute Gasteiger partial charge is 0.308 e. The molecule has 6 heteroatoms. The molecule has 20 heavy (non-hydrogen) atoms. The molecule has 0 unspecified atom stereocenters. The summed E-state index contributed by atoms with van der Waals surface area (Å²) in [7, 11) is 0. The maximum atomic E-state index is 4.40. The Morgan fingerprint density at radius 2 is 2.00 bits per heavy atom. The number of aromatic nitrogens is 4. The van der Waals surface area contributed by atoms with E-state index in [2.05, 4.69) is 39.3 Å². The third-order valence-electron chi connectivity index (χ3n) is 2.86. The lowest BCUT2D eigenvalue weighted by atomic mass is 10.2. The van der Waals surface area contributed by atoms with Crippen molar-refractivity contribution < 1.29 is 0 Å². The molecule has 2 heterocycles. The zero-order valence-electron chi connectivity index (χ0n) is 11.4. The van der Waals surface area contributed by atoms with Crippen LogP contribution in [-0.4, -0.2) is 26.2 Å². The molecule has 3 rings (SSSR count). The smallest absolute Gasteiger partial charge is 0.150 e. The zero-order valence-corrected chi connectivity index (χ0v) is 12.2. The normalized spacial score (nSPS) is 11.3. The molecule has 0 fully saturated rings. The average Bonchev–Trinajstić information content (AvgIpc) is 2.93. The Morgan fingerprint density at radius 3 is 2.85 bits per heavy atom. The molecule has 0 saturated heterocycles. The molecular formula is C14H15N5S. The van der Waals surface area contributed by atoms with E-state index in [0.29, 0.717) is 6.04 Å². The SMILES string of the molecule is CC(C)NCc1nnc(-c2cccc3nccnc23)s1. The van der Waals surface area contributed by atoms with Gasteiger partial charge in [-0.2, -0.15) is 0 Å². The van der Waals surface area contributed by atoms with Crippen molar-refractivity contribution in [1.82, 2.24) is 25.5 Å². The van der Waals surface area contributed by atoms with Gasteiger partial charge in [-0.15, -0.1) is 10.2 Å². The lowest BCUT2D eigenvalue weighted by Crippen LogP contribution is -2.21. The van der Waals surface area contributed by atoms with E-state index in [1.807, 2.05) is 18.2 Å². The Hall–Kier alpha value is -1.92. The highest BCUT2D eigenvalue weighted by molar-refractivity contribution is 7.14. The predicted octanol–water partition coefficient (Wildman–Crippen LogP) is 2.65. The van der Waals surface area contributed by atoms with Crippen LogP contribution < -0.4 is 5.32 Å². The van der Waals surface area contributed by atoms with Crippen molar-refractivity contribution in [3.8, 4) is 10.6 Å². The molecule has 0 radical (unpaired) electrons. The highest BCUT2D eigenvalue weighted by Gasteiger charge is 2.11. The third-order valence-corrected chi connectivity index (χ3v) is 3.81. The molecule has 0 aliphatic rings. The van der Waals surface area contributed by atoms with Gasteiger partial charge in [-0.05, 0) is 12.1 Å². The summed E-state index contributed by atoms with van der Waals surface area (Å²) in [5.74, 6) is 0. The van der Waals surface area contributed by atoms with Gasteiger partial charge in [-0.25, -0.2) is 0 Å². The molecule has 0 spiro atoms. The van der Waals surface area contributed by atoms with Gasteiger partial charge in [0.05, 0.1) is 11.0 Å². The van der Waals surface area contributed by atoms with Gasteiger partial charge in [0.2, 0.25) is 0 Å². The minimum atomic E-state index is 0.436. The lowest BCUT2D eigenvalue weighted by molar-refractivity contribution is 0.585. The molecule has 1 N–H and O–H groups in total. The van der Waals surface area contributed by atoms with Crippen LogP contribution in [0.1, 0.15) is 18.9 Å². The Kier molecular flexibility index (Phi) is 3.66. The van der Waals surface area contributed by atoms with Gasteiger partial charge in [0.25, 0.3) is 0 Å². The van der Waals surface area contributed by atoms with E-state index >= 15 is 0 Å². The van der Waals surface area contributed by atoms with Crippen molar-refractivity contribution >= 4 is 22.4 Å². The molecule has 2 aromatic heterocycles. The van der Waals surface area contributed by atoms with E-state index in [1.54, 1.807) is 23.7 Å². The van der Waals surface area contributed by atoms with E-state index in [0.717, 1.165) is 33.2 Å². The highest BCUT2D eigenvalue weighted by Crippen LogP contribution is 2.28. The maximum absolute atomic E-state index is 4.40. The number of nitrogens with zero attached hydrogens (tertiary/aromatic N) is 4. The molecule has 0 amide bonds. The molecule has 0 aliphatic carbocycles. The topological polar surface area (TPSA) is 63.6 Å². The van der Waals surface area contributed by atoms with Crippen molar-refractivity contribution in [1.29, 1.82) is 0 Å². The molecular weight excluding hydrogens is 270 g/mol. The predicted molar refractivity (Wildman–Crippen MR) is 80.4 cm³/mol. The molecule has 0 aliphatic heterocycles. The summed E-state index contributed by atoms with van der Waals surface area (Å²) < 4.78 is 0. The number of nitrogens with one attached hydrogen (secondary N) is 1. The first kappa shape index (κ1) is 13.1. The molecule has 1 aromatic carbocycles. The summed E-state index contributed by atoms with van der Waals surface area (Å²) in [6.07, 6.45) is 3.40. The second kappa shape index (κ2) is 5.60. The minimum absolute atomic E-state index is 0.436. The van der Waals surface area contributed by atoms with E-state index in [4.69, 9.17) is 0 Å². The summed E-state index contributed by atoms with van der Waals surface area (Å²) in [5.41, 5.74) is 2.74. The van der Waals surface area contributed by atoms with Gasteiger partial charge in [0.15, 0.2) is 0 Å². The first-order valence-corrected chi connectivity index (χ1v) is 7.31. The summed E-state index contributed by atoms with van der Waals surface area (Å²) in [4.78, 5) is 8.72. The lowest BCUT2D eigenvalue weighted by Gasteiger charge is -2.03. The molecule has 0 saturated carbocycles. The fraction of sp³-hybridized carbons (Fsp3) is 0.286. The second-order valence-corrected chi connectivity index (χ2v) is 5.83. The molecule has 0 atom stereocenters. The Morgan fingerprint density at radius 1 is 1.15 bits per heavy atom. The second-order valence-electron chi connectivity index (χ2n) is 4.77. The van der Waals surface area contributed by atoms with Crippen LogP contribution in [0.2, 0.25) is 0 Å². The van der Waals surface area contributed by atoms with Gasteiger partial charge in [0, 0.05) is 30.5 Å². The van der Waals surface area contributed by atoms with Crippen LogP contribution in [0.5, 0.6) is 0 Å². The van der Waals surface area contributed by atoms with Crippen LogP contribution in [0.15, 0.2) is 30.6 Å². The molecule has 102 valence electrons. The first-order chi connectivity index (χ1) is 9.74. The minimum Gasteiger partial charge on any atom is -0.308 e. The van der Waals surface area contributed by atoms with E-state index in [9.17, 15) is 0 Å². The van der Waals surface area contributed by atoms with Crippen LogP contribution in [0.3, 0.4) is 0 Å². The maximum Gasteiger partial charge on any atom is 0.150 e. The fourth-order valence-corrected chi connectivity index (χ4v) is 2.71. The third kappa shape index (κ3) is 2.66. The number of hydrogen-bond donors (Lipinski definition) is 1. The number of fused-ring (bicyclic) bond motifs is 1. The number of para-hydroxylation sites is 1. The fourth-order valence-electron chi connectivity index (χ4n) is 1.89. The van der Waals surface area contributed by atoms with Gasteiger partial charge in [-0.3, -0.25) is 9.97 Å². The van der Waals surface area contributed by atoms with E-state index < -0.39 is 0 Å². The number of benzene rings is 1. The zero-order chi connectivity index (χ0) is 13.9. The van der Waals surface area contributed by atoms with Crippen LogP contribution in [0.25, 0.3) is 21.6 Å². The van der Waals surface area contributed by atoms with Crippen molar-refractivity contribution in [3.63, 3.8) is 0 Å². The first-order valence-electron chi connectivity index (χ1n) is 6.50. The van der Waals surface area contributed by atoms with E-state index in [1.165, 1.54) is 0 Å². The quantitative estimate of drug-likeness (QED) is 0.798. The van der Waals surface area contributed by atoms with Crippen LogP contribution in [-0.2, 0) is 6.54 Å². The Balaban J connectivity index is 1.95. The van der Waals surface area contributed by atoms with Gasteiger partial charge in [0.1, 0.15) is 10.0 Å². The van der Waals surface area contributed by atoms with Gasteiger partial charge >= 0.3 is 0 Å². The van der Waals surface area contributed by atoms with Crippen LogP contribution in [0, 0.1) is 0 Å².